The summed E-state index contributed by atoms with van der Waals surface area (Å²) in [5, 5.41) is 13.4. The van der Waals surface area contributed by atoms with Crippen molar-refractivity contribution < 1.29 is 13.6 Å². The normalized spacial score (nSPS) is 11.3. The molecule has 4 rings (SSSR count). The maximum Gasteiger partial charge on any atom is 0.268 e. The lowest BCUT2D eigenvalue weighted by molar-refractivity contribution is -0.112. The highest BCUT2D eigenvalue weighted by molar-refractivity contribution is 7.15. The number of aromatic nitrogens is 1. The van der Waals surface area contributed by atoms with Crippen LogP contribution in [-0.2, 0) is 11.2 Å². The van der Waals surface area contributed by atoms with Crippen molar-refractivity contribution >= 4 is 51.7 Å². The third-order valence-corrected chi connectivity index (χ3v) is 6.02. The lowest BCUT2D eigenvalue weighted by Gasteiger charge is -2.01. The minimum absolute atomic E-state index is 0.150. The van der Waals surface area contributed by atoms with Crippen molar-refractivity contribution in [2.24, 2.45) is 0 Å². The summed E-state index contributed by atoms with van der Waals surface area (Å²) in [5.41, 5.74) is 1.37. The predicted molar refractivity (Wildman–Crippen MR) is 128 cm³/mol. The lowest BCUT2D eigenvalue weighted by Crippen LogP contribution is -2.13. The van der Waals surface area contributed by atoms with E-state index >= 15 is 0 Å². The van der Waals surface area contributed by atoms with Crippen molar-refractivity contribution in [3.63, 3.8) is 0 Å². The molecule has 0 fully saturated rings. The van der Waals surface area contributed by atoms with E-state index in [1.54, 1.807) is 48.7 Å². The lowest BCUT2D eigenvalue weighted by atomic mass is 10.1. The van der Waals surface area contributed by atoms with Gasteiger partial charge in [-0.15, -0.1) is 11.3 Å². The third-order valence-electron chi connectivity index (χ3n) is 4.54. The molecular weight excluding hydrogens is 484 g/mol. The predicted octanol–water partition coefficient (Wildman–Crippen LogP) is 6.99. The summed E-state index contributed by atoms with van der Waals surface area (Å²) < 4.78 is 18.8. The zero-order chi connectivity index (χ0) is 23.4. The third kappa shape index (κ3) is 5.68. The summed E-state index contributed by atoms with van der Waals surface area (Å²) in [4.78, 5) is 17.6. The van der Waals surface area contributed by atoms with Gasteiger partial charge in [-0.05, 0) is 48.0 Å². The van der Waals surface area contributed by atoms with Gasteiger partial charge in [-0.25, -0.2) is 9.37 Å². The van der Waals surface area contributed by atoms with Gasteiger partial charge in [-0.3, -0.25) is 10.1 Å². The van der Waals surface area contributed by atoms with Gasteiger partial charge in [0.15, 0.2) is 5.13 Å². The Hall–Kier alpha value is -3.44. The molecule has 0 aliphatic rings. The van der Waals surface area contributed by atoms with Crippen LogP contribution < -0.4 is 5.32 Å². The number of amides is 1. The number of nitriles is 1. The number of hydrogen-bond acceptors (Lipinski definition) is 5. The Labute approximate surface area is 202 Å². The van der Waals surface area contributed by atoms with Crippen LogP contribution in [0.2, 0.25) is 10.0 Å². The Morgan fingerprint density at radius 1 is 1.18 bits per heavy atom. The molecule has 0 aliphatic carbocycles. The van der Waals surface area contributed by atoms with E-state index in [2.05, 4.69) is 10.3 Å². The zero-order valence-corrected chi connectivity index (χ0v) is 19.1. The van der Waals surface area contributed by atoms with Gasteiger partial charge in [-0.1, -0.05) is 35.3 Å². The molecule has 5 nitrogen and oxygen atoms in total. The SMILES string of the molecule is N#C/C(=C/c1ccc(-c2cc(Cl)ccc2Cl)o1)C(=O)Nc1ncc(Cc2ccc(F)cc2)s1. The molecule has 0 radical (unpaired) electrons. The van der Waals surface area contributed by atoms with Gasteiger partial charge in [0, 0.05) is 34.2 Å². The van der Waals surface area contributed by atoms with Gasteiger partial charge in [0.1, 0.15) is 29.0 Å². The average Bonchev–Trinajstić information content (AvgIpc) is 3.44. The number of nitrogens with zero attached hydrogens (tertiary/aromatic N) is 2. The molecule has 164 valence electrons. The van der Waals surface area contributed by atoms with Gasteiger partial charge in [0.25, 0.3) is 5.91 Å². The number of thiazole rings is 1. The highest BCUT2D eigenvalue weighted by Crippen LogP contribution is 2.32. The van der Waals surface area contributed by atoms with Crippen LogP contribution >= 0.6 is 34.5 Å². The van der Waals surface area contributed by atoms with E-state index in [0.29, 0.717) is 38.7 Å². The van der Waals surface area contributed by atoms with Crippen molar-refractivity contribution in [2.75, 3.05) is 5.32 Å². The topological polar surface area (TPSA) is 78.9 Å². The smallest absolute Gasteiger partial charge is 0.268 e. The molecule has 0 atom stereocenters. The van der Waals surface area contributed by atoms with Crippen LogP contribution in [0.25, 0.3) is 17.4 Å². The van der Waals surface area contributed by atoms with Crippen molar-refractivity contribution in [1.82, 2.24) is 4.98 Å². The minimum Gasteiger partial charge on any atom is -0.457 e. The molecule has 2 aromatic heterocycles. The molecule has 0 saturated carbocycles. The zero-order valence-electron chi connectivity index (χ0n) is 16.8. The van der Waals surface area contributed by atoms with Gasteiger partial charge in [0.05, 0.1) is 5.02 Å². The molecule has 1 amide bonds. The van der Waals surface area contributed by atoms with Crippen molar-refractivity contribution in [2.45, 2.75) is 6.42 Å². The Morgan fingerprint density at radius 2 is 1.97 bits per heavy atom. The van der Waals surface area contributed by atoms with Gasteiger partial charge in [-0.2, -0.15) is 5.26 Å². The second-order valence-corrected chi connectivity index (χ2v) is 8.84. The summed E-state index contributed by atoms with van der Waals surface area (Å²) in [6, 6.07) is 16.3. The monoisotopic (exact) mass is 497 g/mol. The standard InChI is InChI=1S/C24H14Cl2FN3O2S/c25-16-3-7-21(26)20(11-16)22-8-6-18(32-22)10-15(12-28)23(31)30-24-29-13-19(33-24)9-14-1-4-17(27)5-2-14/h1-8,10-11,13H,9H2,(H,29,30,31)/b15-10-. The van der Waals surface area contributed by atoms with Gasteiger partial charge >= 0.3 is 0 Å². The molecule has 2 heterocycles. The van der Waals surface area contributed by atoms with Crippen LogP contribution in [0.3, 0.4) is 0 Å². The number of hydrogen-bond donors (Lipinski definition) is 1. The van der Waals surface area contributed by atoms with E-state index in [1.165, 1.54) is 29.5 Å². The van der Waals surface area contributed by atoms with Gasteiger partial charge in [0.2, 0.25) is 0 Å². The van der Waals surface area contributed by atoms with Gasteiger partial charge < -0.3 is 4.42 Å². The van der Waals surface area contributed by atoms with Crippen LogP contribution in [-0.4, -0.2) is 10.9 Å². The minimum atomic E-state index is -0.612. The van der Waals surface area contributed by atoms with Crippen molar-refractivity contribution in [3.05, 3.63) is 98.4 Å². The Morgan fingerprint density at radius 3 is 2.73 bits per heavy atom. The van der Waals surface area contributed by atoms with E-state index in [0.717, 1.165) is 10.4 Å². The van der Waals surface area contributed by atoms with E-state index in [1.807, 2.05) is 6.07 Å². The Balaban J connectivity index is 1.46. The first-order chi connectivity index (χ1) is 15.9. The maximum absolute atomic E-state index is 13.1. The average molecular weight is 498 g/mol. The summed E-state index contributed by atoms with van der Waals surface area (Å²) in [6.07, 6.45) is 3.52. The molecule has 2 aromatic carbocycles. The molecule has 33 heavy (non-hydrogen) atoms. The van der Waals surface area contributed by atoms with E-state index in [9.17, 15) is 14.4 Å². The number of rotatable bonds is 6. The fraction of sp³-hybridized carbons (Fsp3) is 0.0417. The Kier molecular flexibility index (Phi) is 6.90. The second-order valence-electron chi connectivity index (χ2n) is 6.89. The number of benzene rings is 2. The van der Waals surface area contributed by atoms with E-state index in [-0.39, 0.29) is 11.4 Å². The summed E-state index contributed by atoms with van der Waals surface area (Å²) >= 11 is 13.5. The molecule has 0 saturated heterocycles. The quantitative estimate of drug-likeness (QED) is 0.230. The molecule has 0 spiro atoms. The van der Waals surface area contributed by atoms with E-state index < -0.39 is 5.91 Å². The number of nitrogens with one attached hydrogen (secondary N) is 1. The highest BCUT2D eigenvalue weighted by Gasteiger charge is 2.14. The number of anilines is 1. The molecule has 4 aromatic rings. The first-order valence-corrected chi connectivity index (χ1v) is 11.2. The number of halogens is 3. The van der Waals surface area contributed by atoms with Crippen molar-refractivity contribution in [3.8, 4) is 17.4 Å². The van der Waals surface area contributed by atoms with Crippen LogP contribution in [0.5, 0.6) is 0 Å². The molecule has 0 unspecified atom stereocenters. The van der Waals surface area contributed by atoms with E-state index in [4.69, 9.17) is 27.6 Å². The summed E-state index contributed by atoms with van der Waals surface area (Å²) in [6.45, 7) is 0. The maximum atomic E-state index is 13.1. The highest BCUT2D eigenvalue weighted by atomic mass is 35.5. The Bertz CT molecular complexity index is 1390. The molecule has 0 bridgehead atoms. The van der Waals surface area contributed by atoms with Crippen LogP contribution in [0.1, 0.15) is 16.2 Å². The number of furan rings is 1. The molecular formula is C24H14Cl2FN3O2S. The number of carbonyl (C=O) groups is 1. The summed E-state index contributed by atoms with van der Waals surface area (Å²) in [7, 11) is 0. The molecule has 9 heteroatoms. The van der Waals surface area contributed by atoms with Crippen LogP contribution in [0.15, 0.2) is 70.8 Å². The first kappa shape index (κ1) is 22.7. The fourth-order valence-corrected chi connectivity index (χ4v) is 4.19. The number of carbonyl (C=O) groups excluding carboxylic acids is 1. The first-order valence-electron chi connectivity index (χ1n) is 9.59. The van der Waals surface area contributed by atoms with Crippen molar-refractivity contribution in [1.29, 1.82) is 5.26 Å². The molecule has 0 aliphatic heterocycles. The fourth-order valence-electron chi connectivity index (χ4n) is 2.97. The summed E-state index contributed by atoms with van der Waals surface area (Å²) in [5.74, 6) is -0.147. The molecule has 1 N–H and O–H groups in total. The largest absolute Gasteiger partial charge is 0.457 e. The second kappa shape index (κ2) is 10.0. The van der Waals surface area contributed by atoms with Crippen LogP contribution in [0.4, 0.5) is 9.52 Å². The van der Waals surface area contributed by atoms with Crippen LogP contribution in [0, 0.1) is 17.1 Å².